The number of amides is 1. The minimum atomic E-state index is -3.93. The first-order chi connectivity index (χ1) is 14.0. The summed E-state index contributed by atoms with van der Waals surface area (Å²) in [5.74, 6) is -2.37. The Balaban J connectivity index is 2.36. The van der Waals surface area contributed by atoms with E-state index in [2.05, 4.69) is 14.8 Å². The number of halogens is 2. The molecule has 0 fully saturated rings. The van der Waals surface area contributed by atoms with Crippen LogP contribution in [0.5, 0.6) is 0 Å². The average Bonchev–Trinajstić information content (AvgIpc) is 2.67. The van der Waals surface area contributed by atoms with Gasteiger partial charge in [-0.3, -0.25) is 9.59 Å². The van der Waals surface area contributed by atoms with Gasteiger partial charge in [0.2, 0.25) is 10.0 Å². The minimum absolute atomic E-state index is 0.210. The molecular weight excluding hydrogens is 435 g/mol. The Labute approximate surface area is 179 Å². The van der Waals surface area contributed by atoms with Gasteiger partial charge < -0.3 is 10.1 Å². The van der Waals surface area contributed by atoms with Crippen LogP contribution in [0.2, 0.25) is 5.02 Å². The highest BCUT2D eigenvalue weighted by molar-refractivity contribution is 7.89. The summed E-state index contributed by atoms with van der Waals surface area (Å²) >= 11 is 5.88. The van der Waals surface area contributed by atoms with Gasteiger partial charge in [0.1, 0.15) is 5.82 Å². The van der Waals surface area contributed by atoms with Gasteiger partial charge in [-0.15, -0.1) is 0 Å². The maximum Gasteiger partial charge on any atom is 0.307 e. The van der Waals surface area contributed by atoms with E-state index in [4.69, 9.17) is 11.6 Å². The van der Waals surface area contributed by atoms with E-state index < -0.39 is 39.3 Å². The largest absolute Gasteiger partial charge is 0.469 e. The molecule has 1 unspecified atom stereocenters. The van der Waals surface area contributed by atoms with Crippen LogP contribution >= 0.6 is 11.6 Å². The lowest BCUT2D eigenvalue weighted by Crippen LogP contribution is -2.32. The van der Waals surface area contributed by atoms with Gasteiger partial charge in [0.15, 0.2) is 0 Å². The molecule has 0 bridgehead atoms. The fourth-order valence-corrected chi connectivity index (χ4v) is 4.06. The number of carbonyl (C=O) groups is 2. The number of nitrogens with one attached hydrogen (secondary N) is 2. The van der Waals surface area contributed by atoms with E-state index in [0.29, 0.717) is 10.6 Å². The summed E-state index contributed by atoms with van der Waals surface area (Å²) in [5.41, 5.74) is 0.0780. The van der Waals surface area contributed by atoms with Gasteiger partial charge in [-0.2, -0.15) is 0 Å². The van der Waals surface area contributed by atoms with Gasteiger partial charge in [-0.05, 0) is 49.7 Å². The lowest BCUT2D eigenvalue weighted by molar-refractivity contribution is -0.141. The fourth-order valence-electron chi connectivity index (χ4n) is 2.66. The highest BCUT2D eigenvalue weighted by atomic mass is 35.5. The molecule has 0 saturated heterocycles. The lowest BCUT2D eigenvalue weighted by Gasteiger charge is -2.19. The van der Waals surface area contributed by atoms with Crippen LogP contribution < -0.4 is 10.0 Å². The number of benzene rings is 2. The van der Waals surface area contributed by atoms with Crippen LogP contribution in [0.15, 0.2) is 47.4 Å². The molecule has 0 saturated carbocycles. The first kappa shape index (κ1) is 23.8. The molecule has 10 heteroatoms. The summed E-state index contributed by atoms with van der Waals surface area (Å²) in [5, 5.41) is 3.02. The van der Waals surface area contributed by atoms with Crippen molar-refractivity contribution >= 4 is 33.5 Å². The van der Waals surface area contributed by atoms with Crippen molar-refractivity contribution in [1.82, 2.24) is 10.0 Å². The van der Waals surface area contributed by atoms with E-state index in [1.807, 2.05) is 0 Å². The number of sulfonamides is 1. The molecule has 0 aromatic heterocycles. The van der Waals surface area contributed by atoms with Crippen LogP contribution in [0.25, 0.3) is 0 Å². The predicted molar refractivity (Wildman–Crippen MR) is 110 cm³/mol. The van der Waals surface area contributed by atoms with Crippen LogP contribution in [0, 0.1) is 5.82 Å². The molecule has 2 N–H and O–H groups in total. The van der Waals surface area contributed by atoms with Crippen LogP contribution in [0.4, 0.5) is 4.39 Å². The highest BCUT2D eigenvalue weighted by Crippen LogP contribution is 2.22. The van der Waals surface area contributed by atoms with E-state index in [-0.39, 0.29) is 17.4 Å². The zero-order valence-corrected chi connectivity index (χ0v) is 18.2. The number of rotatable bonds is 8. The Kier molecular flexibility index (Phi) is 7.94. The normalized spacial score (nSPS) is 12.5. The van der Waals surface area contributed by atoms with E-state index >= 15 is 0 Å². The number of carbonyl (C=O) groups excluding carboxylic acids is 2. The topological polar surface area (TPSA) is 102 Å². The van der Waals surface area contributed by atoms with Crippen LogP contribution in [-0.2, 0) is 19.6 Å². The molecule has 0 radical (unpaired) electrons. The van der Waals surface area contributed by atoms with Crippen molar-refractivity contribution in [3.63, 3.8) is 0 Å². The molecular formula is C20H22ClFN2O5S. The first-order valence-corrected chi connectivity index (χ1v) is 10.8. The van der Waals surface area contributed by atoms with Crippen LogP contribution in [0.1, 0.15) is 42.2 Å². The summed E-state index contributed by atoms with van der Waals surface area (Å²) in [6.45, 7) is 3.27. The Hall–Kier alpha value is -2.49. The highest BCUT2D eigenvalue weighted by Gasteiger charge is 2.24. The molecule has 0 heterocycles. The van der Waals surface area contributed by atoms with Crippen molar-refractivity contribution in [2.75, 3.05) is 7.11 Å². The van der Waals surface area contributed by atoms with Crippen LogP contribution in [0.3, 0.4) is 0 Å². The Morgan fingerprint density at radius 2 is 1.77 bits per heavy atom. The molecule has 2 aromatic carbocycles. The molecule has 0 aliphatic rings. The third kappa shape index (κ3) is 6.25. The van der Waals surface area contributed by atoms with Crippen molar-refractivity contribution < 1.29 is 27.1 Å². The number of hydrogen-bond acceptors (Lipinski definition) is 5. The van der Waals surface area contributed by atoms with Crippen LogP contribution in [-0.4, -0.2) is 33.4 Å². The Morgan fingerprint density at radius 3 is 2.33 bits per heavy atom. The van der Waals surface area contributed by atoms with Crippen molar-refractivity contribution in [2.24, 2.45) is 0 Å². The lowest BCUT2D eigenvalue weighted by atomic mass is 10.0. The third-order valence-electron chi connectivity index (χ3n) is 4.06. The van der Waals surface area contributed by atoms with Gasteiger partial charge >= 0.3 is 5.97 Å². The van der Waals surface area contributed by atoms with Gasteiger partial charge in [0, 0.05) is 11.1 Å². The summed E-state index contributed by atoms with van der Waals surface area (Å²) in [6.07, 6.45) is -0.210. The third-order valence-corrected chi connectivity index (χ3v) is 5.97. The zero-order valence-electron chi connectivity index (χ0n) is 16.6. The quantitative estimate of drug-likeness (QED) is 0.594. The van der Waals surface area contributed by atoms with Crippen molar-refractivity contribution in [2.45, 2.75) is 37.2 Å². The van der Waals surface area contributed by atoms with Gasteiger partial charge in [-0.25, -0.2) is 17.5 Å². The average molecular weight is 457 g/mol. The smallest absolute Gasteiger partial charge is 0.307 e. The van der Waals surface area contributed by atoms with Crippen molar-refractivity contribution in [1.29, 1.82) is 0 Å². The molecule has 2 aromatic rings. The van der Waals surface area contributed by atoms with E-state index in [1.165, 1.54) is 7.11 Å². The molecule has 0 aliphatic heterocycles. The Morgan fingerprint density at radius 1 is 1.13 bits per heavy atom. The molecule has 30 heavy (non-hydrogen) atoms. The van der Waals surface area contributed by atoms with E-state index in [9.17, 15) is 22.4 Å². The Bertz CT molecular complexity index is 1030. The second kappa shape index (κ2) is 10.0. The molecule has 0 spiro atoms. The summed E-state index contributed by atoms with van der Waals surface area (Å²) in [7, 11) is -2.72. The van der Waals surface area contributed by atoms with Gasteiger partial charge in [0.25, 0.3) is 5.91 Å². The molecule has 1 atom stereocenters. The minimum Gasteiger partial charge on any atom is -0.469 e. The fraction of sp³-hybridized carbons (Fsp3) is 0.300. The molecule has 0 aliphatic carbocycles. The molecule has 2 rings (SSSR count). The zero-order chi connectivity index (χ0) is 22.5. The standard InChI is InChI=1S/C20H22ClFN2O5S/c1-12(2)24-30(27,28)15-8-9-17(22)16(10-15)20(26)23-18(11-19(25)29-3)13-4-6-14(21)7-5-13/h4-10,12,18,24H,11H2,1-3H3,(H,23,26). The summed E-state index contributed by atoms with van der Waals surface area (Å²) in [6, 6.07) is 8.09. The molecule has 1 amide bonds. The number of hydrogen-bond donors (Lipinski definition) is 2. The van der Waals surface area contributed by atoms with Gasteiger partial charge in [-0.1, -0.05) is 23.7 Å². The van der Waals surface area contributed by atoms with E-state index in [0.717, 1.165) is 18.2 Å². The van der Waals surface area contributed by atoms with Crippen molar-refractivity contribution in [3.8, 4) is 0 Å². The second-order valence-electron chi connectivity index (χ2n) is 6.78. The summed E-state index contributed by atoms with van der Waals surface area (Å²) < 4.78 is 46.1. The first-order valence-electron chi connectivity index (χ1n) is 8.98. The monoisotopic (exact) mass is 456 g/mol. The number of esters is 1. The van der Waals surface area contributed by atoms with Gasteiger partial charge in [0.05, 0.1) is 30.0 Å². The second-order valence-corrected chi connectivity index (χ2v) is 8.93. The summed E-state index contributed by atoms with van der Waals surface area (Å²) in [4.78, 5) is 24.3. The number of ether oxygens (including phenoxy) is 1. The van der Waals surface area contributed by atoms with Crippen molar-refractivity contribution in [3.05, 3.63) is 64.4 Å². The number of methoxy groups -OCH3 is 1. The predicted octanol–water partition coefficient (Wildman–Crippen LogP) is 3.20. The SMILES string of the molecule is COC(=O)CC(NC(=O)c1cc(S(=O)(=O)NC(C)C)ccc1F)c1ccc(Cl)cc1. The molecule has 7 nitrogen and oxygen atoms in total. The van der Waals surface area contributed by atoms with E-state index in [1.54, 1.807) is 38.1 Å². The maximum atomic E-state index is 14.3. The molecule has 162 valence electrons. The maximum absolute atomic E-state index is 14.3.